The van der Waals surface area contributed by atoms with Crippen LogP contribution < -0.4 is 0 Å². The second-order valence-corrected chi connectivity index (χ2v) is 26.8. The Bertz CT molecular complexity index is 4260. The Kier molecular flexibility index (Phi) is 95.0. The van der Waals surface area contributed by atoms with E-state index < -0.39 is 0 Å². The highest BCUT2D eigenvalue weighted by atomic mass is 14.9. The van der Waals surface area contributed by atoms with Crippen LogP contribution in [-0.2, 0) is 6.42 Å². The monoisotopic (exact) mass is 1770 g/mol. The summed E-state index contributed by atoms with van der Waals surface area (Å²) < 4.78 is 0. The standard InChI is InChI=1S/C15H16.C14H14.C13H13N.C12H12N2.C12H12.2C11H11N.C8H10.15C2H6/c1-12-3-7-14(8-4-12)11-15-9-5-13(2)6-10-15;1-11-3-7-13(8-4-11)14-9-5-12(2)6-10-14;1-10-3-6-12(7-4-10)13-8-5-11(2)9-14-13;1-9-3-5-11(6-4-9)12-13-7-10(2)8-14-12;1-9-3-5-12-8-10(2)4-6-11(12)7-9;1-8-3-4-10-5-9(2)7-12-11(10)6-8;1-8-3-4-10-6-9(2)12-7-11(10)5-8;1-7-3-5-8(2)6-4-7;15*1-2/h3-10H,11H2,1-2H3;3-10H,1-2H3;3-9H,1-2H3;3-8H,1-2H3;3-8H,1-2H3;2*3-7H,1-2H3;3-6H,1-2H3;15*1-2H3. The van der Waals surface area contributed by atoms with Gasteiger partial charge in [-0.25, -0.2) is 9.97 Å². The molecule has 0 aliphatic heterocycles. The van der Waals surface area contributed by atoms with E-state index in [4.69, 9.17) is 0 Å². The summed E-state index contributed by atoms with van der Waals surface area (Å²) in [4.78, 5) is 21.5. The van der Waals surface area contributed by atoms with Crippen molar-refractivity contribution in [2.75, 3.05) is 0 Å². The third-order valence-electron chi connectivity index (χ3n) is 16.8. The lowest BCUT2D eigenvalue weighted by Gasteiger charge is -2.03. The molecule has 0 atom stereocenters. The molecule has 5 heteroatoms. The van der Waals surface area contributed by atoms with E-state index in [2.05, 4.69) is 370 Å². The molecule has 4 heterocycles. The van der Waals surface area contributed by atoms with E-state index in [1.165, 1.54) is 133 Å². The third kappa shape index (κ3) is 62.6. The fourth-order valence-electron chi connectivity index (χ4n) is 10.6. The first-order chi connectivity index (χ1) is 63.5. The molecule has 0 unspecified atom stereocenters. The van der Waals surface area contributed by atoms with Gasteiger partial charge < -0.3 is 0 Å². The molecule has 4 aromatic heterocycles. The van der Waals surface area contributed by atoms with Crippen molar-refractivity contribution in [1.82, 2.24) is 24.9 Å². The van der Waals surface area contributed by atoms with Gasteiger partial charge in [-0.05, 0) is 208 Å². The van der Waals surface area contributed by atoms with Crippen molar-refractivity contribution in [2.24, 2.45) is 0 Å². The lowest BCUT2D eigenvalue weighted by Crippen LogP contribution is -1.88. The Hall–Kier alpha value is -11.3. The Morgan fingerprint density at radius 3 is 0.710 bits per heavy atom. The summed E-state index contributed by atoms with van der Waals surface area (Å²) in [6.45, 7) is 93.4. The minimum Gasteiger partial charge on any atom is -0.261 e. The van der Waals surface area contributed by atoms with Gasteiger partial charge in [-0.3, -0.25) is 15.0 Å². The van der Waals surface area contributed by atoms with Crippen LogP contribution in [0.2, 0.25) is 0 Å². The fraction of sp³-hybridized carbons (Fsp3) is 0.373. The summed E-state index contributed by atoms with van der Waals surface area (Å²) in [6.07, 6.45) is 10.4. The first-order valence-electron chi connectivity index (χ1n) is 49.8. The highest BCUT2D eigenvalue weighted by Crippen LogP contribution is 2.23. The molecule has 15 aromatic rings. The number of fused-ring (bicyclic) bond motifs is 3. The predicted octanol–water partition coefficient (Wildman–Crippen LogP) is 40.8. The summed E-state index contributed by atoms with van der Waals surface area (Å²) in [7, 11) is 0. The van der Waals surface area contributed by atoms with Crippen molar-refractivity contribution in [1.29, 1.82) is 0 Å². The highest BCUT2D eigenvalue weighted by molar-refractivity contribution is 5.84. The van der Waals surface area contributed by atoms with E-state index in [9.17, 15) is 0 Å². The van der Waals surface area contributed by atoms with Gasteiger partial charge in [-0.1, -0.05) is 505 Å². The van der Waals surface area contributed by atoms with Crippen LogP contribution in [0.3, 0.4) is 0 Å². The van der Waals surface area contributed by atoms with E-state index in [1.807, 2.05) is 272 Å². The molecular weight excluding hydrogens is 1580 g/mol. The molecule has 0 spiro atoms. The molecule has 0 amide bonds. The maximum Gasteiger partial charge on any atom is 0.159 e. The lowest BCUT2D eigenvalue weighted by molar-refractivity contribution is 1.14. The zero-order valence-electron chi connectivity index (χ0n) is 92.2. The number of hydrogen-bond donors (Lipinski definition) is 0. The molecule has 0 saturated carbocycles. The second-order valence-electron chi connectivity index (χ2n) is 26.8. The normalized spacial score (nSPS) is 8.56. The number of benzene rings is 11. The topological polar surface area (TPSA) is 64.5 Å². The van der Waals surface area contributed by atoms with Crippen LogP contribution in [0.1, 0.15) is 308 Å². The van der Waals surface area contributed by atoms with Gasteiger partial charge in [0, 0.05) is 58.6 Å². The van der Waals surface area contributed by atoms with Gasteiger partial charge in [0.05, 0.1) is 11.2 Å². The zero-order valence-corrected chi connectivity index (χ0v) is 92.2. The molecular formula is C126H189N5. The van der Waals surface area contributed by atoms with Crippen molar-refractivity contribution < 1.29 is 0 Å². The van der Waals surface area contributed by atoms with Crippen LogP contribution in [0.25, 0.3) is 66.2 Å². The minimum absolute atomic E-state index is 0.788. The summed E-state index contributed by atoms with van der Waals surface area (Å²) in [5, 5.41) is 6.38. The molecule has 718 valence electrons. The number of aromatic nitrogens is 5. The van der Waals surface area contributed by atoms with Crippen LogP contribution in [0.4, 0.5) is 0 Å². The SMILES string of the molecule is CC.CC.CC.CC.CC.CC.CC.CC.CC.CC.CC.CC.CC.CC.CC.Cc1ccc(-c2ccc(C)cc2)cc1.Cc1ccc(-c2ccc(C)cn2)cc1.Cc1ccc(-c2ncc(C)cn2)cc1.Cc1ccc(C)cc1.Cc1ccc(Cc2ccc(C)cc2)cc1.Cc1ccc2cc(C)ccc2c1.Cc1ccc2cc(C)ncc2c1.Cc1cnc2cc(C)ccc2c1. The number of nitrogens with zero attached hydrogens (tertiary/aromatic N) is 5. The van der Waals surface area contributed by atoms with E-state index in [-0.39, 0.29) is 0 Å². The maximum absolute atomic E-state index is 4.38. The van der Waals surface area contributed by atoms with Crippen molar-refractivity contribution in [3.8, 4) is 33.8 Å². The smallest absolute Gasteiger partial charge is 0.159 e. The Labute approximate surface area is 808 Å². The van der Waals surface area contributed by atoms with Gasteiger partial charge in [0.1, 0.15) is 0 Å². The van der Waals surface area contributed by atoms with E-state index in [0.717, 1.165) is 40.3 Å². The first kappa shape index (κ1) is 135. The summed E-state index contributed by atoms with van der Waals surface area (Å²) in [6, 6.07) is 94.1. The maximum atomic E-state index is 4.38. The molecule has 0 fully saturated rings. The van der Waals surface area contributed by atoms with E-state index in [1.54, 1.807) is 0 Å². The number of rotatable bonds is 5. The summed E-state index contributed by atoms with van der Waals surface area (Å²) >= 11 is 0. The van der Waals surface area contributed by atoms with E-state index in [0.29, 0.717) is 0 Å². The van der Waals surface area contributed by atoms with Gasteiger partial charge >= 0.3 is 0 Å². The van der Waals surface area contributed by atoms with Crippen molar-refractivity contribution in [2.45, 2.75) is 325 Å². The fourth-order valence-corrected chi connectivity index (χ4v) is 10.6. The molecule has 0 bridgehead atoms. The molecule has 5 nitrogen and oxygen atoms in total. The number of aryl methyl sites for hydroxylation is 16. The summed E-state index contributed by atoms with van der Waals surface area (Å²) in [5.41, 5.74) is 29.9. The van der Waals surface area contributed by atoms with Gasteiger partial charge in [-0.2, -0.15) is 0 Å². The van der Waals surface area contributed by atoms with Crippen LogP contribution in [-0.4, -0.2) is 24.9 Å². The van der Waals surface area contributed by atoms with Gasteiger partial charge in [-0.15, -0.1) is 0 Å². The predicted molar refractivity (Wildman–Crippen MR) is 605 cm³/mol. The molecule has 0 N–H and O–H groups in total. The van der Waals surface area contributed by atoms with Crippen LogP contribution in [0.5, 0.6) is 0 Å². The Morgan fingerprint density at radius 1 is 0.153 bits per heavy atom. The quantitative estimate of drug-likeness (QED) is 0.172. The average Bonchev–Trinajstić information content (AvgIpc) is 0.469. The molecule has 0 aliphatic rings. The first-order valence-corrected chi connectivity index (χ1v) is 49.8. The van der Waals surface area contributed by atoms with Crippen LogP contribution >= 0.6 is 0 Å². The molecule has 131 heavy (non-hydrogen) atoms. The van der Waals surface area contributed by atoms with E-state index >= 15 is 0 Å². The molecule has 15 rings (SSSR count). The van der Waals surface area contributed by atoms with Crippen molar-refractivity contribution in [3.05, 3.63) is 398 Å². The van der Waals surface area contributed by atoms with Crippen LogP contribution in [0, 0.1) is 111 Å². The minimum atomic E-state index is 0.788. The molecule has 0 radical (unpaired) electrons. The third-order valence-corrected chi connectivity index (χ3v) is 16.8. The number of pyridine rings is 3. The number of hydrogen-bond acceptors (Lipinski definition) is 5. The summed E-state index contributed by atoms with van der Waals surface area (Å²) in [5.74, 6) is 0.788. The molecule has 0 saturated heterocycles. The van der Waals surface area contributed by atoms with Gasteiger partial charge in [0.15, 0.2) is 5.82 Å². The second kappa shape index (κ2) is 92.0. The Balaban J connectivity index is -0.000000211. The average molecular weight is 1770 g/mol. The zero-order chi connectivity index (χ0) is 102. The Morgan fingerprint density at radius 2 is 0.389 bits per heavy atom. The van der Waals surface area contributed by atoms with Gasteiger partial charge in [0.25, 0.3) is 0 Å². The largest absolute Gasteiger partial charge is 0.261 e. The van der Waals surface area contributed by atoms with Gasteiger partial charge in [0.2, 0.25) is 0 Å². The van der Waals surface area contributed by atoms with Crippen molar-refractivity contribution >= 4 is 32.4 Å². The molecule has 11 aromatic carbocycles. The highest BCUT2D eigenvalue weighted by Gasteiger charge is 2.03. The van der Waals surface area contributed by atoms with Crippen molar-refractivity contribution in [3.63, 3.8) is 0 Å². The van der Waals surface area contributed by atoms with Crippen LogP contribution in [0.15, 0.2) is 298 Å². The molecule has 0 aliphatic carbocycles. The lowest BCUT2D eigenvalue weighted by atomic mass is 10.0.